The molecule has 0 saturated carbocycles. The number of quaternary nitrogens is 1. The number of rotatable bonds is 4. The lowest BCUT2D eigenvalue weighted by Gasteiger charge is -2.24. The number of aromatic nitrogens is 1. The van der Waals surface area contributed by atoms with Gasteiger partial charge in [-0.2, -0.15) is 0 Å². The fourth-order valence-electron chi connectivity index (χ4n) is 1.98. The maximum atomic E-state index is 11.7. The molecule has 0 aromatic carbocycles. The molecular weight excluding hydrogens is 290 g/mol. The van der Waals surface area contributed by atoms with Gasteiger partial charge in [0.1, 0.15) is 18.8 Å². The summed E-state index contributed by atoms with van der Waals surface area (Å²) in [6, 6.07) is 5.14. The van der Waals surface area contributed by atoms with Crippen LogP contribution < -0.4 is 21.1 Å². The lowest BCUT2D eigenvalue weighted by Crippen LogP contribution is -3.14. The van der Waals surface area contributed by atoms with E-state index in [1.165, 1.54) is 4.90 Å². The molecule has 1 aliphatic heterocycles. The number of thiocarbonyl (C=S) groups is 1. The van der Waals surface area contributed by atoms with Crippen molar-refractivity contribution in [2.75, 3.05) is 39.4 Å². The SMILES string of the molecule is O=C(NNC(=S)NCC[NH+]1CCOCC1)c1ccccn1. The second kappa shape index (κ2) is 8.50. The third kappa shape index (κ3) is 5.62. The van der Waals surface area contributed by atoms with E-state index in [1.54, 1.807) is 24.4 Å². The van der Waals surface area contributed by atoms with Gasteiger partial charge < -0.3 is 15.0 Å². The predicted octanol–water partition coefficient (Wildman–Crippen LogP) is -1.89. The molecule has 2 heterocycles. The highest BCUT2D eigenvalue weighted by molar-refractivity contribution is 7.80. The first-order valence-electron chi connectivity index (χ1n) is 6.92. The van der Waals surface area contributed by atoms with Gasteiger partial charge in [-0.15, -0.1) is 0 Å². The standard InChI is InChI=1S/C13H19N5O2S/c19-12(11-3-1-2-4-14-11)16-17-13(21)15-5-6-18-7-9-20-10-8-18/h1-4H,5-10H2,(H,16,19)(H2,15,17,21)/p+1. The summed E-state index contributed by atoms with van der Waals surface area (Å²) in [6.45, 7) is 5.41. The maximum Gasteiger partial charge on any atom is 0.288 e. The summed E-state index contributed by atoms with van der Waals surface area (Å²) >= 11 is 5.10. The first kappa shape index (κ1) is 15.6. The van der Waals surface area contributed by atoms with Gasteiger partial charge in [-0.25, -0.2) is 0 Å². The minimum absolute atomic E-state index is 0.321. The number of nitrogens with zero attached hydrogens (tertiary/aromatic N) is 1. The number of carbonyl (C=O) groups is 1. The summed E-state index contributed by atoms with van der Waals surface area (Å²) in [6.07, 6.45) is 1.57. The van der Waals surface area contributed by atoms with Crippen molar-refractivity contribution in [3.05, 3.63) is 30.1 Å². The molecule has 0 aliphatic carbocycles. The highest BCUT2D eigenvalue weighted by atomic mass is 32.1. The monoisotopic (exact) mass is 310 g/mol. The van der Waals surface area contributed by atoms with Crippen molar-refractivity contribution in [1.29, 1.82) is 0 Å². The van der Waals surface area contributed by atoms with E-state index in [1.807, 2.05) is 0 Å². The van der Waals surface area contributed by atoms with Crippen LogP contribution in [0.4, 0.5) is 0 Å². The lowest BCUT2D eigenvalue weighted by atomic mass is 10.3. The first-order chi connectivity index (χ1) is 10.3. The molecular formula is C13H20N5O2S+. The summed E-state index contributed by atoms with van der Waals surface area (Å²) in [5.74, 6) is -0.321. The zero-order chi connectivity index (χ0) is 14.9. The molecule has 1 fully saturated rings. The number of ether oxygens (including phenoxy) is 1. The van der Waals surface area contributed by atoms with E-state index in [2.05, 4.69) is 21.2 Å². The molecule has 2 rings (SSSR count). The number of pyridine rings is 1. The number of hydrogen-bond acceptors (Lipinski definition) is 4. The van der Waals surface area contributed by atoms with Crippen LogP contribution in [0.5, 0.6) is 0 Å². The van der Waals surface area contributed by atoms with Crippen LogP contribution in [-0.2, 0) is 4.74 Å². The van der Waals surface area contributed by atoms with E-state index in [0.717, 1.165) is 39.4 Å². The predicted molar refractivity (Wildman–Crippen MR) is 81.8 cm³/mol. The Morgan fingerprint density at radius 3 is 2.86 bits per heavy atom. The second-order valence-corrected chi connectivity index (χ2v) is 5.07. The van der Waals surface area contributed by atoms with Gasteiger partial charge in [-0.05, 0) is 24.4 Å². The third-order valence-electron chi connectivity index (χ3n) is 3.15. The Bertz CT molecular complexity index is 465. The highest BCUT2D eigenvalue weighted by Crippen LogP contribution is 1.91. The topological polar surface area (TPSA) is 79.7 Å². The van der Waals surface area contributed by atoms with Crippen LogP contribution in [0.1, 0.15) is 10.5 Å². The van der Waals surface area contributed by atoms with Gasteiger partial charge in [-0.3, -0.25) is 20.6 Å². The number of hydrogen-bond donors (Lipinski definition) is 4. The van der Waals surface area contributed by atoms with Crippen molar-refractivity contribution in [3.63, 3.8) is 0 Å². The third-order valence-corrected chi connectivity index (χ3v) is 3.40. The van der Waals surface area contributed by atoms with E-state index in [-0.39, 0.29) is 5.91 Å². The highest BCUT2D eigenvalue weighted by Gasteiger charge is 2.13. The van der Waals surface area contributed by atoms with E-state index in [9.17, 15) is 4.79 Å². The van der Waals surface area contributed by atoms with Crippen LogP contribution in [-0.4, -0.2) is 55.4 Å². The summed E-state index contributed by atoms with van der Waals surface area (Å²) in [5, 5.41) is 3.46. The Hall–Kier alpha value is -1.77. The zero-order valence-corrected chi connectivity index (χ0v) is 12.5. The average Bonchev–Trinajstić information content (AvgIpc) is 2.54. The number of hydrazine groups is 1. The van der Waals surface area contributed by atoms with E-state index >= 15 is 0 Å². The van der Waals surface area contributed by atoms with E-state index < -0.39 is 0 Å². The van der Waals surface area contributed by atoms with Crippen LogP contribution in [0.3, 0.4) is 0 Å². The van der Waals surface area contributed by atoms with Gasteiger partial charge in [0.05, 0.1) is 26.3 Å². The maximum absolute atomic E-state index is 11.7. The van der Waals surface area contributed by atoms with Gasteiger partial charge in [0, 0.05) is 6.20 Å². The fraction of sp³-hybridized carbons (Fsp3) is 0.462. The van der Waals surface area contributed by atoms with Crippen LogP contribution in [0, 0.1) is 0 Å². The van der Waals surface area contributed by atoms with Crippen LogP contribution >= 0.6 is 12.2 Å². The molecule has 1 amide bonds. The zero-order valence-electron chi connectivity index (χ0n) is 11.7. The summed E-state index contributed by atoms with van der Waals surface area (Å²) in [4.78, 5) is 17.2. The molecule has 0 radical (unpaired) electrons. The van der Waals surface area contributed by atoms with Gasteiger partial charge >= 0.3 is 0 Å². The van der Waals surface area contributed by atoms with Gasteiger partial charge in [0.2, 0.25) is 0 Å². The summed E-state index contributed by atoms with van der Waals surface area (Å²) in [5.41, 5.74) is 5.51. The Labute approximate surface area is 129 Å². The summed E-state index contributed by atoms with van der Waals surface area (Å²) < 4.78 is 5.30. The van der Waals surface area contributed by atoms with E-state index in [0.29, 0.717) is 10.8 Å². The molecule has 1 aromatic heterocycles. The largest absolute Gasteiger partial charge is 0.370 e. The quantitative estimate of drug-likeness (QED) is 0.385. The van der Waals surface area contributed by atoms with Crippen LogP contribution in [0.15, 0.2) is 24.4 Å². The molecule has 1 aromatic rings. The van der Waals surface area contributed by atoms with Crippen molar-refractivity contribution in [2.45, 2.75) is 0 Å². The van der Waals surface area contributed by atoms with Crippen molar-refractivity contribution in [2.24, 2.45) is 0 Å². The Morgan fingerprint density at radius 2 is 2.14 bits per heavy atom. The van der Waals surface area contributed by atoms with Crippen molar-refractivity contribution >= 4 is 23.2 Å². The van der Waals surface area contributed by atoms with Crippen molar-refractivity contribution in [3.8, 4) is 0 Å². The van der Waals surface area contributed by atoms with Crippen LogP contribution in [0.25, 0.3) is 0 Å². The van der Waals surface area contributed by atoms with Gasteiger partial charge in [0.15, 0.2) is 5.11 Å². The second-order valence-electron chi connectivity index (χ2n) is 4.66. The average molecular weight is 310 g/mol. The molecule has 7 nitrogen and oxygen atoms in total. The molecule has 0 atom stereocenters. The van der Waals surface area contributed by atoms with Crippen molar-refractivity contribution in [1.82, 2.24) is 21.2 Å². The fourth-order valence-corrected chi connectivity index (χ4v) is 2.13. The van der Waals surface area contributed by atoms with Crippen molar-refractivity contribution < 1.29 is 14.4 Å². The molecule has 0 bridgehead atoms. The minimum Gasteiger partial charge on any atom is -0.370 e. The number of morpholine rings is 1. The normalized spacial score (nSPS) is 15.2. The number of nitrogens with one attached hydrogen (secondary N) is 4. The summed E-state index contributed by atoms with van der Waals surface area (Å²) in [7, 11) is 0. The minimum atomic E-state index is -0.321. The molecule has 114 valence electrons. The molecule has 0 unspecified atom stereocenters. The van der Waals surface area contributed by atoms with Crippen LogP contribution in [0.2, 0.25) is 0 Å². The Balaban J connectivity index is 1.60. The molecule has 1 aliphatic rings. The lowest BCUT2D eigenvalue weighted by molar-refractivity contribution is -0.906. The molecule has 21 heavy (non-hydrogen) atoms. The molecule has 4 N–H and O–H groups in total. The van der Waals surface area contributed by atoms with Gasteiger partial charge in [-0.1, -0.05) is 6.07 Å². The first-order valence-corrected chi connectivity index (χ1v) is 7.33. The molecule has 1 saturated heterocycles. The Kier molecular flexibility index (Phi) is 6.32. The smallest absolute Gasteiger partial charge is 0.288 e. The molecule has 8 heteroatoms. The number of amides is 1. The van der Waals surface area contributed by atoms with E-state index in [4.69, 9.17) is 17.0 Å². The van der Waals surface area contributed by atoms with Gasteiger partial charge in [0.25, 0.3) is 5.91 Å². The number of carbonyl (C=O) groups excluding carboxylic acids is 1. The Morgan fingerprint density at radius 1 is 1.33 bits per heavy atom. The molecule has 0 spiro atoms.